The van der Waals surface area contributed by atoms with E-state index in [9.17, 15) is 14.7 Å². The highest BCUT2D eigenvalue weighted by molar-refractivity contribution is 7.21. The zero-order valence-electron chi connectivity index (χ0n) is 12.5. The van der Waals surface area contributed by atoms with E-state index in [-0.39, 0.29) is 17.0 Å². The highest BCUT2D eigenvalue weighted by Gasteiger charge is 2.18. The molecule has 0 saturated carbocycles. The summed E-state index contributed by atoms with van der Waals surface area (Å²) < 4.78 is 0. The summed E-state index contributed by atoms with van der Waals surface area (Å²) in [5.74, 6) is -2.12. The van der Waals surface area contributed by atoms with Crippen LogP contribution in [0.4, 0.5) is 11.4 Å². The second kappa shape index (κ2) is 5.82. The van der Waals surface area contributed by atoms with Crippen molar-refractivity contribution in [1.82, 2.24) is 4.98 Å². The van der Waals surface area contributed by atoms with Gasteiger partial charge < -0.3 is 21.3 Å². The molecule has 1 amide bonds. The summed E-state index contributed by atoms with van der Waals surface area (Å²) in [4.78, 5) is 28.8. The van der Waals surface area contributed by atoms with Crippen molar-refractivity contribution in [2.75, 3.05) is 11.1 Å². The molecule has 3 aromatic rings. The van der Waals surface area contributed by atoms with E-state index in [1.807, 2.05) is 19.1 Å². The lowest BCUT2D eigenvalue weighted by atomic mass is 10.1. The molecule has 0 spiro atoms. The number of phenols is 1. The summed E-state index contributed by atoms with van der Waals surface area (Å²) in [5.41, 5.74) is 7.12. The first kappa shape index (κ1) is 15.8. The predicted molar refractivity (Wildman–Crippen MR) is 91.8 cm³/mol. The third-order valence-electron chi connectivity index (χ3n) is 3.42. The maximum atomic E-state index is 12.4. The lowest BCUT2D eigenvalue weighted by Gasteiger charge is -2.06. The fourth-order valence-electron chi connectivity index (χ4n) is 2.23. The van der Waals surface area contributed by atoms with Crippen LogP contribution in [-0.2, 0) is 0 Å². The average Bonchev–Trinajstić information content (AvgIpc) is 2.85. The van der Waals surface area contributed by atoms with Crippen molar-refractivity contribution in [3.8, 4) is 5.75 Å². The van der Waals surface area contributed by atoms with Gasteiger partial charge in [0.15, 0.2) is 0 Å². The molecule has 3 rings (SSSR count). The standard InChI is InChI=1S/C16H13N3O4S/c1-7-2-4-9-12(17)13(24-15(9)18-7)14(21)19-8-3-5-11(20)10(6-8)16(22)23/h2-6,20H,17H2,1H3,(H,19,21)(H,22,23). The molecule has 2 heterocycles. The smallest absolute Gasteiger partial charge is 0.339 e. The van der Waals surface area contributed by atoms with E-state index in [4.69, 9.17) is 10.8 Å². The van der Waals surface area contributed by atoms with Crippen LogP contribution in [0.1, 0.15) is 25.7 Å². The average molecular weight is 343 g/mol. The highest BCUT2D eigenvalue weighted by Crippen LogP contribution is 2.33. The molecule has 8 heteroatoms. The Kier molecular flexibility index (Phi) is 3.82. The Bertz CT molecular complexity index is 981. The predicted octanol–water partition coefficient (Wildman–Crippen LogP) is 2.84. The highest BCUT2D eigenvalue weighted by atomic mass is 32.1. The lowest BCUT2D eigenvalue weighted by molar-refractivity contribution is 0.0693. The Hall–Kier alpha value is -3.13. The maximum Gasteiger partial charge on any atom is 0.339 e. The number of pyridine rings is 1. The first-order valence-corrected chi connectivity index (χ1v) is 7.71. The van der Waals surface area contributed by atoms with E-state index in [0.29, 0.717) is 20.8 Å². The van der Waals surface area contributed by atoms with Gasteiger partial charge in [0.2, 0.25) is 0 Å². The number of rotatable bonds is 3. The fraction of sp³-hybridized carbons (Fsp3) is 0.0625. The molecule has 0 bridgehead atoms. The Morgan fingerprint density at radius 2 is 2.00 bits per heavy atom. The Balaban J connectivity index is 1.94. The van der Waals surface area contributed by atoms with Gasteiger partial charge in [0.1, 0.15) is 21.0 Å². The van der Waals surface area contributed by atoms with Crippen molar-refractivity contribution in [3.63, 3.8) is 0 Å². The second-order valence-electron chi connectivity index (χ2n) is 5.14. The van der Waals surface area contributed by atoms with Crippen LogP contribution < -0.4 is 11.1 Å². The van der Waals surface area contributed by atoms with Crippen LogP contribution >= 0.6 is 11.3 Å². The van der Waals surface area contributed by atoms with Crippen molar-refractivity contribution in [2.45, 2.75) is 6.92 Å². The number of fused-ring (bicyclic) bond motifs is 1. The first-order valence-electron chi connectivity index (χ1n) is 6.90. The van der Waals surface area contributed by atoms with Gasteiger partial charge in [-0.05, 0) is 37.3 Å². The van der Waals surface area contributed by atoms with Crippen molar-refractivity contribution < 1.29 is 19.8 Å². The number of thiophene rings is 1. The minimum atomic E-state index is -1.29. The van der Waals surface area contributed by atoms with Gasteiger partial charge in [0.05, 0.1) is 5.69 Å². The fourth-order valence-corrected chi connectivity index (χ4v) is 3.27. The van der Waals surface area contributed by atoms with E-state index in [0.717, 1.165) is 5.69 Å². The number of aromatic hydroxyl groups is 1. The molecule has 0 saturated heterocycles. The molecule has 0 fully saturated rings. The number of aromatic carboxylic acids is 1. The van der Waals surface area contributed by atoms with Gasteiger partial charge in [-0.25, -0.2) is 9.78 Å². The normalized spacial score (nSPS) is 10.7. The van der Waals surface area contributed by atoms with Crippen LogP contribution in [0.15, 0.2) is 30.3 Å². The number of nitrogens with one attached hydrogen (secondary N) is 1. The molecule has 0 radical (unpaired) electrons. The van der Waals surface area contributed by atoms with E-state index < -0.39 is 11.9 Å². The number of carbonyl (C=O) groups excluding carboxylic acids is 1. The van der Waals surface area contributed by atoms with Crippen molar-refractivity contribution >= 4 is 44.8 Å². The molecule has 0 atom stereocenters. The van der Waals surface area contributed by atoms with Crippen molar-refractivity contribution in [1.29, 1.82) is 0 Å². The van der Waals surface area contributed by atoms with Gasteiger partial charge in [-0.3, -0.25) is 4.79 Å². The summed E-state index contributed by atoms with van der Waals surface area (Å²) in [6.07, 6.45) is 0. The second-order valence-corrected chi connectivity index (χ2v) is 6.14. The monoisotopic (exact) mass is 343 g/mol. The van der Waals surface area contributed by atoms with E-state index in [2.05, 4.69) is 10.3 Å². The lowest BCUT2D eigenvalue weighted by Crippen LogP contribution is -2.12. The molecular weight excluding hydrogens is 330 g/mol. The molecule has 122 valence electrons. The van der Waals surface area contributed by atoms with Crippen LogP contribution in [0.2, 0.25) is 0 Å². The molecule has 0 aliphatic rings. The van der Waals surface area contributed by atoms with Gasteiger partial charge in [0.25, 0.3) is 5.91 Å². The number of amides is 1. The molecule has 7 nitrogen and oxygen atoms in total. The molecule has 5 N–H and O–H groups in total. The van der Waals surface area contributed by atoms with Crippen LogP contribution in [0.5, 0.6) is 5.75 Å². The third-order valence-corrected chi connectivity index (χ3v) is 4.54. The van der Waals surface area contributed by atoms with Crippen LogP contribution in [-0.4, -0.2) is 27.1 Å². The number of benzene rings is 1. The number of anilines is 2. The molecule has 24 heavy (non-hydrogen) atoms. The van der Waals surface area contributed by atoms with Gasteiger partial charge >= 0.3 is 5.97 Å². The number of carboxylic acid groups (broad SMARTS) is 1. The van der Waals surface area contributed by atoms with Crippen molar-refractivity contribution in [3.05, 3.63) is 46.5 Å². The van der Waals surface area contributed by atoms with Gasteiger partial charge in [0, 0.05) is 16.8 Å². The van der Waals surface area contributed by atoms with Crippen LogP contribution in [0.3, 0.4) is 0 Å². The number of aromatic nitrogens is 1. The Morgan fingerprint density at radius 1 is 1.25 bits per heavy atom. The summed E-state index contributed by atoms with van der Waals surface area (Å²) in [5, 5.41) is 21.8. The maximum absolute atomic E-state index is 12.4. The van der Waals surface area contributed by atoms with Crippen LogP contribution in [0.25, 0.3) is 10.2 Å². The van der Waals surface area contributed by atoms with Gasteiger partial charge in [-0.2, -0.15) is 0 Å². The molecular formula is C16H13N3O4S. The number of aryl methyl sites for hydroxylation is 1. The van der Waals surface area contributed by atoms with E-state index >= 15 is 0 Å². The number of nitrogens with two attached hydrogens (primary N) is 1. The van der Waals surface area contributed by atoms with Gasteiger partial charge in [-0.15, -0.1) is 11.3 Å². The SMILES string of the molecule is Cc1ccc2c(N)c(C(=O)Nc3ccc(O)c(C(=O)O)c3)sc2n1. The van der Waals surface area contributed by atoms with Crippen LogP contribution in [0, 0.1) is 6.92 Å². The zero-order chi connectivity index (χ0) is 17.4. The number of carboxylic acids is 1. The number of hydrogen-bond acceptors (Lipinski definition) is 6. The third kappa shape index (κ3) is 2.74. The summed E-state index contributed by atoms with van der Waals surface area (Å²) in [7, 11) is 0. The van der Waals surface area contributed by atoms with Crippen molar-refractivity contribution in [2.24, 2.45) is 0 Å². The number of carbonyl (C=O) groups is 2. The van der Waals surface area contributed by atoms with Gasteiger partial charge in [-0.1, -0.05) is 0 Å². The topological polar surface area (TPSA) is 126 Å². The minimum absolute atomic E-state index is 0.246. The van der Waals surface area contributed by atoms with E-state index in [1.54, 1.807) is 0 Å². The quantitative estimate of drug-likeness (QED) is 0.542. The molecule has 2 aromatic heterocycles. The number of hydrogen-bond donors (Lipinski definition) is 4. The molecule has 1 aromatic carbocycles. The first-order chi connectivity index (χ1) is 11.4. The Morgan fingerprint density at radius 3 is 2.71 bits per heavy atom. The summed E-state index contributed by atoms with van der Waals surface area (Å²) >= 11 is 1.17. The minimum Gasteiger partial charge on any atom is -0.507 e. The number of nitrogens with zero attached hydrogens (tertiary/aromatic N) is 1. The molecule has 0 unspecified atom stereocenters. The summed E-state index contributed by atoms with van der Waals surface area (Å²) in [6.45, 7) is 1.85. The molecule has 0 aliphatic heterocycles. The number of nitrogen functional groups attached to an aromatic ring is 1. The van der Waals surface area contributed by atoms with E-state index in [1.165, 1.54) is 29.5 Å². The molecule has 0 aliphatic carbocycles. The summed E-state index contributed by atoms with van der Waals surface area (Å²) in [6, 6.07) is 7.42. The zero-order valence-corrected chi connectivity index (χ0v) is 13.3. The Labute approximate surface area is 140 Å². The largest absolute Gasteiger partial charge is 0.507 e.